The van der Waals surface area contributed by atoms with Gasteiger partial charge in [-0.3, -0.25) is 9.78 Å². The molecule has 0 bridgehead atoms. The summed E-state index contributed by atoms with van der Waals surface area (Å²) in [5, 5.41) is 23.1. The van der Waals surface area contributed by atoms with Crippen molar-refractivity contribution in [2.24, 2.45) is 0 Å². The van der Waals surface area contributed by atoms with Crippen LogP contribution in [0.1, 0.15) is 10.4 Å². The zero-order valence-electron chi connectivity index (χ0n) is 13.9. The van der Waals surface area contributed by atoms with Gasteiger partial charge in [0, 0.05) is 23.5 Å². The third-order valence-electron chi connectivity index (χ3n) is 4.40. The molecule has 3 heterocycles. The first kappa shape index (κ1) is 17.8. The number of rotatable bonds is 4. The van der Waals surface area contributed by atoms with Crippen LogP contribution in [0.5, 0.6) is 5.75 Å². The van der Waals surface area contributed by atoms with Crippen molar-refractivity contribution in [1.29, 1.82) is 0 Å². The van der Waals surface area contributed by atoms with Crippen molar-refractivity contribution in [2.45, 2.75) is 10.4 Å². The summed E-state index contributed by atoms with van der Waals surface area (Å²) in [6, 6.07) is 8.37. The molecule has 2 N–H and O–H groups in total. The molecule has 0 saturated carbocycles. The van der Waals surface area contributed by atoms with E-state index in [4.69, 9.17) is 9.26 Å². The first-order valence-electron chi connectivity index (χ1n) is 8.05. The van der Waals surface area contributed by atoms with Gasteiger partial charge in [-0.2, -0.15) is 4.98 Å². The lowest BCUT2D eigenvalue weighted by Gasteiger charge is -2.38. The summed E-state index contributed by atoms with van der Waals surface area (Å²) in [7, 11) is 0. The number of fused-ring (bicyclic) bond motifs is 1. The Morgan fingerprint density at radius 2 is 1.85 bits per heavy atom. The van der Waals surface area contributed by atoms with Crippen molar-refractivity contribution >= 4 is 21.7 Å². The third kappa shape index (κ3) is 2.93. The Hall–Kier alpha value is -2.62. The minimum atomic E-state index is -1.41. The van der Waals surface area contributed by atoms with E-state index in [0.717, 1.165) is 5.56 Å². The van der Waals surface area contributed by atoms with Crippen molar-refractivity contribution in [3.05, 3.63) is 48.3 Å². The Morgan fingerprint density at radius 1 is 1.11 bits per heavy atom. The number of halogens is 1. The summed E-state index contributed by atoms with van der Waals surface area (Å²) in [5.74, 6) is 0.627. The highest BCUT2D eigenvalue weighted by Gasteiger charge is 2.48. The van der Waals surface area contributed by atoms with E-state index in [1.54, 1.807) is 42.7 Å². The second-order valence-electron chi connectivity index (χ2n) is 6.08. The normalized spacial score (nSPS) is 18.0. The van der Waals surface area contributed by atoms with Crippen LogP contribution in [-0.4, -0.2) is 54.8 Å². The lowest BCUT2D eigenvalue weighted by molar-refractivity contribution is -0.0350. The summed E-state index contributed by atoms with van der Waals surface area (Å²) in [5.41, 5.74) is 0.202. The Kier molecular flexibility index (Phi) is 4.50. The van der Waals surface area contributed by atoms with E-state index in [0.29, 0.717) is 17.0 Å². The number of aliphatic hydroxyl groups excluding tert-OH is 2. The molecule has 138 valence electrons. The fourth-order valence-electron chi connectivity index (χ4n) is 2.82. The van der Waals surface area contributed by atoms with Gasteiger partial charge in [0.15, 0.2) is 11.4 Å². The molecule has 9 heteroatoms. The summed E-state index contributed by atoms with van der Waals surface area (Å²) in [4.78, 5) is 20.1. The minimum absolute atomic E-state index is 0.254. The second-order valence-corrected chi connectivity index (χ2v) is 7.00. The molecule has 1 unspecified atom stereocenters. The molecule has 1 aliphatic rings. The van der Waals surface area contributed by atoms with Crippen LogP contribution >= 0.6 is 15.9 Å². The molecule has 2 aromatic heterocycles. The standard InChI is InChI=1S/C18H14BrN3O5/c19-15-14(25)12-7-11(1-2-13(12)26-18(15,8-23)9-24)17-21-16(22-27-17)10-3-5-20-6-4-10/h1-7,15,23-24H,8-9H2. The summed E-state index contributed by atoms with van der Waals surface area (Å²) < 4.78 is 11.0. The van der Waals surface area contributed by atoms with Crippen molar-refractivity contribution in [3.8, 4) is 28.6 Å². The van der Waals surface area contributed by atoms with Gasteiger partial charge in [0.1, 0.15) is 10.6 Å². The molecule has 4 rings (SSSR count). The number of hydrogen-bond donors (Lipinski definition) is 2. The average Bonchev–Trinajstić information content (AvgIpc) is 3.21. The molecule has 27 heavy (non-hydrogen) atoms. The molecule has 1 aliphatic heterocycles. The quantitative estimate of drug-likeness (QED) is 0.600. The molecule has 1 atom stereocenters. The van der Waals surface area contributed by atoms with Gasteiger partial charge in [-0.05, 0) is 30.3 Å². The molecular formula is C18H14BrN3O5. The fraction of sp³-hybridized carbons (Fsp3) is 0.222. The van der Waals surface area contributed by atoms with Crippen LogP contribution in [0.2, 0.25) is 0 Å². The van der Waals surface area contributed by atoms with E-state index < -0.39 is 23.6 Å². The Morgan fingerprint density at radius 3 is 2.56 bits per heavy atom. The summed E-state index contributed by atoms with van der Waals surface area (Å²) >= 11 is 3.23. The van der Waals surface area contributed by atoms with Gasteiger partial charge in [0.2, 0.25) is 5.82 Å². The van der Waals surface area contributed by atoms with Crippen LogP contribution in [0.3, 0.4) is 0 Å². The van der Waals surface area contributed by atoms with E-state index >= 15 is 0 Å². The number of aliphatic hydroxyl groups is 2. The van der Waals surface area contributed by atoms with Gasteiger partial charge in [0.05, 0.1) is 18.8 Å². The highest BCUT2D eigenvalue weighted by atomic mass is 79.9. The van der Waals surface area contributed by atoms with Crippen LogP contribution in [0.25, 0.3) is 22.8 Å². The van der Waals surface area contributed by atoms with E-state index in [1.807, 2.05) is 0 Å². The number of Topliss-reactive ketones (excluding diaryl/α,β-unsaturated/α-hetero) is 1. The zero-order chi connectivity index (χ0) is 19.0. The van der Waals surface area contributed by atoms with E-state index in [-0.39, 0.29) is 17.4 Å². The van der Waals surface area contributed by atoms with Gasteiger partial charge in [-0.15, -0.1) is 0 Å². The lowest BCUT2D eigenvalue weighted by Crippen LogP contribution is -2.57. The number of nitrogens with zero attached hydrogens (tertiary/aromatic N) is 3. The number of hydrogen-bond acceptors (Lipinski definition) is 8. The first-order chi connectivity index (χ1) is 13.1. The lowest BCUT2D eigenvalue weighted by atomic mass is 9.90. The molecular weight excluding hydrogens is 418 g/mol. The minimum Gasteiger partial charge on any atom is -0.480 e. The van der Waals surface area contributed by atoms with Crippen LogP contribution < -0.4 is 4.74 Å². The van der Waals surface area contributed by atoms with Gasteiger partial charge in [-0.25, -0.2) is 0 Å². The van der Waals surface area contributed by atoms with Crippen molar-refractivity contribution in [1.82, 2.24) is 15.1 Å². The maximum atomic E-state index is 12.7. The predicted molar refractivity (Wildman–Crippen MR) is 97.5 cm³/mol. The van der Waals surface area contributed by atoms with Crippen LogP contribution in [0.15, 0.2) is 47.2 Å². The molecule has 0 amide bonds. The number of benzene rings is 1. The van der Waals surface area contributed by atoms with Crippen molar-refractivity contribution in [3.63, 3.8) is 0 Å². The number of aromatic nitrogens is 3. The molecule has 0 radical (unpaired) electrons. The molecule has 0 aliphatic carbocycles. The van der Waals surface area contributed by atoms with Gasteiger partial charge >= 0.3 is 0 Å². The van der Waals surface area contributed by atoms with E-state index in [2.05, 4.69) is 31.1 Å². The molecule has 3 aromatic rings. The van der Waals surface area contributed by atoms with Crippen LogP contribution in [0, 0.1) is 0 Å². The highest BCUT2D eigenvalue weighted by Crippen LogP contribution is 2.38. The van der Waals surface area contributed by atoms with Gasteiger partial charge < -0.3 is 19.5 Å². The Balaban J connectivity index is 1.71. The van der Waals surface area contributed by atoms with Crippen molar-refractivity contribution in [2.75, 3.05) is 13.2 Å². The number of ketones is 1. The van der Waals surface area contributed by atoms with Gasteiger partial charge in [0.25, 0.3) is 5.89 Å². The monoisotopic (exact) mass is 431 g/mol. The third-order valence-corrected chi connectivity index (χ3v) is 5.65. The highest BCUT2D eigenvalue weighted by molar-refractivity contribution is 9.10. The molecule has 1 aromatic carbocycles. The Bertz CT molecular complexity index is 988. The summed E-state index contributed by atoms with van der Waals surface area (Å²) in [6.07, 6.45) is 3.26. The van der Waals surface area contributed by atoms with Crippen molar-refractivity contribution < 1.29 is 24.3 Å². The molecule has 8 nitrogen and oxygen atoms in total. The molecule has 0 spiro atoms. The fourth-order valence-corrected chi connectivity index (χ4v) is 3.45. The molecule has 0 fully saturated rings. The first-order valence-corrected chi connectivity index (χ1v) is 8.97. The zero-order valence-corrected chi connectivity index (χ0v) is 15.5. The maximum absolute atomic E-state index is 12.7. The SMILES string of the molecule is O=C1c2cc(-c3nc(-c4ccncc4)no3)ccc2OC(CO)(CO)C1Br. The topological polar surface area (TPSA) is 119 Å². The van der Waals surface area contributed by atoms with Crippen LogP contribution in [0.4, 0.5) is 0 Å². The number of ether oxygens (including phenoxy) is 1. The number of carbonyl (C=O) groups is 1. The van der Waals surface area contributed by atoms with Gasteiger partial charge in [-0.1, -0.05) is 21.1 Å². The smallest absolute Gasteiger partial charge is 0.258 e. The average molecular weight is 432 g/mol. The van der Waals surface area contributed by atoms with E-state index in [9.17, 15) is 15.0 Å². The van der Waals surface area contributed by atoms with E-state index in [1.165, 1.54) is 0 Å². The maximum Gasteiger partial charge on any atom is 0.258 e. The molecule has 0 saturated heterocycles. The number of pyridine rings is 1. The van der Waals surface area contributed by atoms with Crippen LogP contribution in [-0.2, 0) is 0 Å². The second kappa shape index (κ2) is 6.84. The Labute approximate surface area is 162 Å². The predicted octanol–water partition coefficient (Wildman–Crippen LogP) is 1.86. The summed E-state index contributed by atoms with van der Waals surface area (Å²) in [6.45, 7) is -1.02. The number of carbonyl (C=O) groups excluding carboxylic acids is 1. The largest absolute Gasteiger partial charge is 0.480 e. The number of alkyl halides is 1.